The zero-order valence-corrected chi connectivity index (χ0v) is 16.0. The molecule has 3 atom stereocenters. The highest BCUT2D eigenvalue weighted by Gasteiger charge is 2.27. The van der Waals surface area contributed by atoms with E-state index in [1.807, 2.05) is 19.2 Å². The van der Waals surface area contributed by atoms with Gasteiger partial charge in [-0.3, -0.25) is 4.79 Å². The first-order valence-electron chi connectivity index (χ1n) is 9.37. The maximum absolute atomic E-state index is 11.3. The molecule has 5 nitrogen and oxygen atoms in total. The van der Waals surface area contributed by atoms with Gasteiger partial charge in [0.25, 0.3) is 0 Å². The number of carbonyl (C=O) groups is 1. The van der Waals surface area contributed by atoms with Gasteiger partial charge in [0.1, 0.15) is 0 Å². The summed E-state index contributed by atoms with van der Waals surface area (Å²) in [6, 6.07) is 5.93. The number of halogens is 1. The number of aliphatic hydroxyl groups excluding tert-OH is 1. The Morgan fingerprint density at radius 1 is 1.46 bits per heavy atom. The van der Waals surface area contributed by atoms with Crippen molar-refractivity contribution < 1.29 is 9.90 Å². The van der Waals surface area contributed by atoms with Gasteiger partial charge in [0.15, 0.2) is 0 Å². The topological polar surface area (TPSA) is 80.3 Å². The number of nitrogens with two attached hydrogens (primary N) is 1. The van der Waals surface area contributed by atoms with E-state index in [2.05, 4.69) is 22.1 Å². The van der Waals surface area contributed by atoms with Crippen molar-refractivity contribution >= 4 is 28.4 Å². The fourth-order valence-corrected chi connectivity index (χ4v) is 4.65. The van der Waals surface area contributed by atoms with Crippen LogP contribution in [-0.2, 0) is 11.3 Å². The second-order valence-electron chi connectivity index (χ2n) is 7.48. The van der Waals surface area contributed by atoms with E-state index in [9.17, 15) is 9.90 Å². The molecule has 0 saturated heterocycles. The smallest absolute Gasteiger partial charge is 0.217 e. The Kier molecular flexibility index (Phi) is 6.22. The molecule has 4 N–H and O–H groups in total. The van der Waals surface area contributed by atoms with E-state index >= 15 is 0 Å². The van der Waals surface area contributed by atoms with Gasteiger partial charge in [-0.15, -0.1) is 0 Å². The SMILES string of the molecule is CNCC(O)Cn1cc(C2CCCC(CC(N)=O)C2)c2c(Cl)cccc21. The minimum Gasteiger partial charge on any atom is -0.390 e. The van der Waals surface area contributed by atoms with Gasteiger partial charge in [-0.25, -0.2) is 0 Å². The Balaban J connectivity index is 1.93. The number of benzene rings is 1. The second-order valence-corrected chi connectivity index (χ2v) is 7.89. The Morgan fingerprint density at radius 2 is 2.27 bits per heavy atom. The van der Waals surface area contributed by atoms with Crippen molar-refractivity contribution in [1.82, 2.24) is 9.88 Å². The highest BCUT2D eigenvalue weighted by molar-refractivity contribution is 6.35. The second kappa shape index (κ2) is 8.42. The molecule has 6 heteroatoms. The van der Waals surface area contributed by atoms with Crippen molar-refractivity contribution in [3.8, 4) is 0 Å². The zero-order valence-electron chi connectivity index (χ0n) is 15.2. The number of carbonyl (C=O) groups excluding carboxylic acids is 1. The number of likely N-dealkylation sites (N-methyl/N-ethyl adjacent to an activating group) is 1. The van der Waals surface area contributed by atoms with Gasteiger partial charge in [-0.05, 0) is 55.8 Å². The summed E-state index contributed by atoms with van der Waals surface area (Å²) in [7, 11) is 1.83. The molecule has 1 heterocycles. The van der Waals surface area contributed by atoms with Gasteiger partial charge in [-0.1, -0.05) is 24.1 Å². The van der Waals surface area contributed by atoms with Crippen LogP contribution in [0.3, 0.4) is 0 Å². The van der Waals surface area contributed by atoms with Gasteiger partial charge in [0.05, 0.1) is 11.1 Å². The molecular weight excluding hydrogens is 350 g/mol. The summed E-state index contributed by atoms with van der Waals surface area (Å²) in [4.78, 5) is 11.3. The van der Waals surface area contributed by atoms with Crippen LogP contribution in [0.4, 0.5) is 0 Å². The molecule has 1 aliphatic rings. The van der Waals surface area contributed by atoms with Crippen molar-refractivity contribution in [2.24, 2.45) is 11.7 Å². The van der Waals surface area contributed by atoms with Crippen LogP contribution in [0.1, 0.15) is 43.6 Å². The average Bonchev–Trinajstić information content (AvgIpc) is 2.95. The maximum Gasteiger partial charge on any atom is 0.217 e. The summed E-state index contributed by atoms with van der Waals surface area (Å²) in [5, 5.41) is 15.1. The predicted molar refractivity (Wildman–Crippen MR) is 105 cm³/mol. The number of amides is 1. The third-order valence-corrected chi connectivity index (χ3v) is 5.76. The molecule has 1 fully saturated rings. The lowest BCUT2D eigenvalue weighted by atomic mass is 9.76. The first-order chi connectivity index (χ1) is 12.5. The van der Waals surface area contributed by atoms with Crippen molar-refractivity contribution in [3.63, 3.8) is 0 Å². The number of primary amides is 1. The lowest BCUT2D eigenvalue weighted by Crippen LogP contribution is -2.27. The Bertz CT molecular complexity index is 774. The lowest BCUT2D eigenvalue weighted by molar-refractivity contribution is -0.119. The van der Waals surface area contributed by atoms with Crippen LogP contribution in [0.5, 0.6) is 0 Å². The molecule has 0 spiro atoms. The molecule has 2 aromatic rings. The van der Waals surface area contributed by atoms with E-state index in [4.69, 9.17) is 17.3 Å². The van der Waals surface area contributed by atoms with Crippen LogP contribution in [0, 0.1) is 5.92 Å². The van der Waals surface area contributed by atoms with E-state index in [-0.39, 0.29) is 5.91 Å². The minimum absolute atomic E-state index is 0.216. The first kappa shape index (κ1) is 19.2. The van der Waals surface area contributed by atoms with Crippen LogP contribution in [-0.4, -0.2) is 35.3 Å². The third-order valence-electron chi connectivity index (χ3n) is 5.44. The molecule has 0 radical (unpaired) electrons. The van der Waals surface area contributed by atoms with Crippen LogP contribution < -0.4 is 11.1 Å². The first-order valence-corrected chi connectivity index (χ1v) is 9.75. The van der Waals surface area contributed by atoms with E-state index in [0.717, 1.165) is 41.6 Å². The minimum atomic E-state index is -0.462. The van der Waals surface area contributed by atoms with Crippen LogP contribution in [0.2, 0.25) is 5.02 Å². The molecular formula is C20H28ClN3O2. The highest BCUT2D eigenvalue weighted by atomic mass is 35.5. The lowest BCUT2D eigenvalue weighted by Gasteiger charge is -2.28. The number of hydrogen-bond donors (Lipinski definition) is 3. The molecule has 3 rings (SSSR count). The van der Waals surface area contributed by atoms with Crippen molar-refractivity contribution in [2.75, 3.05) is 13.6 Å². The number of aliphatic hydroxyl groups is 1. The monoisotopic (exact) mass is 377 g/mol. The van der Waals surface area contributed by atoms with Crippen LogP contribution >= 0.6 is 11.6 Å². The highest BCUT2D eigenvalue weighted by Crippen LogP contribution is 2.42. The molecule has 1 aromatic heterocycles. The summed E-state index contributed by atoms with van der Waals surface area (Å²) in [5.41, 5.74) is 7.70. The van der Waals surface area contributed by atoms with Crippen molar-refractivity contribution in [3.05, 3.63) is 35.0 Å². The van der Waals surface area contributed by atoms with E-state index in [1.165, 1.54) is 5.56 Å². The van der Waals surface area contributed by atoms with Crippen LogP contribution in [0.25, 0.3) is 10.9 Å². The molecule has 3 unspecified atom stereocenters. The third kappa shape index (κ3) is 4.22. The molecule has 1 saturated carbocycles. The zero-order chi connectivity index (χ0) is 18.7. The summed E-state index contributed by atoms with van der Waals surface area (Å²) in [6.07, 6.45) is 6.37. The average molecular weight is 378 g/mol. The van der Waals surface area contributed by atoms with E-state index in [0.29, 0.717) is 31.3 Å². The molecule has 1 aliphatic carbocycles. The standard InChI is InChI=1S/C20H28ClN3O2/c1-23-10-15(25)11-24-12-16(20-17(21)6-3-7-18(20)24)14-5-2-4-13(8-14)9-19(22)26/h3,6-7,12-15,23,25H,2,4-5,8-11H2,1H3,(H2,22,26). The summed E-state index contributed by atoms with van der Waals surface area (Å²) in [6.45, 7) is 1.06. The fourth-order valence-electron chi connectivity index (χ4n) is 4.37. The number of hydrogen-bond acceptors (Lipinski definition) is 3. The largest absolute Gasteiger partial charge is 0.390 e. The molecule has 0 aliphatic heterocycles. The Labute approximate surface area is 159 Å². The van der Waals surface area contributed by atoms with Crippen molar-refractivity contribution in [1.29, 1.82) is 0 Å². The fraction of sp³-hybridized carbons (Fsp3) is 0.550. The van der Waals surface area contributed by atoms with Gasteiger partial charge in [0, 0.05) is 36.6 Å². The van der Waals surface area contributed by atoms with E-state index in [1.54, 1.807) is 0 Å². The normalized spacial score (nSPS) is 21.8. The number of rotatable bonds is 7. The Hall–Kier alpha value is -1.56. The molecule has 26 heavy (non-hydrogen) atoms. The molecule has 142 valence electrons. The summed E-state index contributed by atoms with van der Waals surface area (Å²) < 4.78 is 2.11. The van der Waals surface area contributed by atoms with Crippen molar-refractivity contribution in [2.45, 2.75) is 50.7 Å². The van der Waals surface area contributed by atoms with E-state index < -0.39 is 6.10 Å². The number of aromatic nitrogens is 1. The predicted octanol–water partition coefficient (Wildman–Crippen LogP) is 3.02. The summed E-state index contributed by atoms with van der Waals surface area (Å²) >= 11 is 6.55. The molecule has 1 aromatic carbocycles. The van der Waals surface area contributed by atoms with Crippen LogP contribution in [0.15, 0.2) is 24.4 Å². The number of fused-ring (bicyclic) bond motifs is 1. The van der Waals surface area contributed by atoms with Gasteiger partial charge in [0.2, 0.25) is 5.91 Å². The molecule has 0 bridgehead atoms. The maximum atomic E-state index is 11.3. The van der Waals surface area contributed by atoms with Gasteiger partial charge >= 0.3 is 0 Å². The Morgan fingerprint density at radius 3 is 3.00 bits per heavy atom. The van der Waals surface area contributed by atoms with Gasteiger partial charge in [-0.2, -0.15) is 0 Å². The number of nitrogens with zero attached hydrogens (tertiary/aromatic N) is 1. The quantitative estimate of drug-likeness (QED) is 0.693. The molecule has 1 amide bonds. The summed E-state index contributed by atoms with van der Waals surface area (Å²) in [5.74, 6) is 0.506. The van der Waals surface area contributed by atoms with Gasteiger partial charge < -0.3 is 20.7 Å². The number of nitrogens with one attached hydrogen (secondary N) is 1.